The van der Waals surface area contributed by atoms with Crippen LogP contribution in [-0.2, 0) is 19.6 Å². The summed E-state index contributed by atoms with van der Waals surface area (Å²) in [6.07, 6.45) is 5.47. The molecule has 3 N–H and O–H groups in total. The van der Waals surface area contributed by atoms with Crippen LogP contribution in [-0.4, -0.2) is 60.0 Å². The molecular weight excluding hydrogens is 354 g/mol. The lowest BCUT2D eigenvalue weighted by atomic mass is 9.78. The van der Waals surface area contributed by atoms with Crippen LogP contribution in [0.15, 0.2) is 0 Å². The zero-order chi connectivity index (χ0) is 16.9. The first-order valence-electron chi connectivity index (χ1n) is 8.31. The summed E-state index contributed by atoms with van der Waals surface area (Å²) in [5.41, 5.74) is -0.460. The first kappa shape index (κ1) is 21.6. The molecule has 7 nitrogen and oxygen atoms in total. The molecule has 1 heterocycles. The lowest BCUT2D eigenvalue weighted by Gasteiger charge is -2.36. The van der Waals surface area contributed by atoms with E-state index in [9.17, 15) is 13.2 Å². The third kappa shape index (κ3) is 5.84. The normalized spacial score (nSPS) is 26.6. The molecule has 0 aromatic heterocycles. The first-order chi connectivity index (χ1) is 10.9. The second-order valence-electron chi connectivity index (χ2n) is 6.86. The van der Waals surface area contributed by atoms with Crippen LogP contribution in [0.5, 0.6) is 0 Å². The zero-order valence-corrected chi connectivity index (χ0v) is 16.1. The molecule has 2 atom stereocenters. The highest BCUT2D eigenvalue weighted by Crippen LogP contribution is 2.30. The molecule has 2 rings (SSSR count). The molecule has 9 heteroatoms. The number of sulfonamides is 1. The van der Waals surface area contributed by atoms with E-state index in [0.717, 1.165) is 45.2 Å². The average molecular weight is 384 g/mol. The maximum Gasteiger partial charge on any atom is 0.228 e. The number of rotatable bonds is 7. The Bertz CT molecular complexity index is 503. The molecule has 1 saturated heterocycles. The molecule has 1 amide bonds. The van der Waals surface area contributed by atoms with E-state index in [-0.39, 0.29) is 30.3 Å². The van der Waals surface area contributed by atoms with Crippen LogP contribution in [0.25, 0.3) is 0 Å². The number of hydrogen-bond donors (Lipinski definition) is 3. The number of nitrogens with one attached hydrogen (secondary N) is 3. The fraction of sp³-hybridized carbons (Fsp3) is 0.933. The van der Waals surface area contributed by atoms with Gasteiger partial charge in [-0.2, -0.15) is 0 Å². The molecule has 2 fully saturated rings. The van der Waals surface area contributed by atoms with Gasteiger partial charge in [-0.1, -0.05) is 6.42 Å². The van der Waals surface area contributed by atoms with Crippen LogP contribution < -0.4 is 15.4 Å². The molecule has 1 saturated carbocycles. The molecule has 0 spiro atoms. The summed E-state index contributed by atoms with van der Waals surface area (Å²) in [5, 5.41) is 6.32. The van der Waals surface area contributed by atoms with Gasteiger partial charge in [-0.05, 0) is 44.7 Å². The molecule has 0 bridgehead atoms. The van der Waals surface area contributed by atoms with Crippen molar-refractivity contribution in [2.45, 2.75) is 38.1 Å². The minimum atomic E-state index is -3.21. The second kappa shape index (κ2) is 9.33. The van der Waals surface area contributed by atoms with E-state index in [2.05, 4.69) is 15.4 Å². The number of halogens is 1. The average Bonchev–Trinajstić information content (AvgIpc) is 2.91. The standard InChI is InChI=1S/C15H29N3O4S.ClH/c1-22-11-15(6-8-16-9-7-15)14(19)17-10-12-4-3-5-13(12)18-23(2,20)21;/h12-13,16,18H,3-11H2,1-2H3,(H,17,19);1H. The Balaban J connectivity index is 0.00000288. The van der Waals surface area contributed by atoms with Gasteiger partial charge in [0.05, 0.1) is 18.3 Å². The van der Waals surface area contributed by atoms with E-state index in [0.29, 0.717) is 13.2 Å². The predicted octanol–water partition coefficient (Wildman–Crippen LogP) is 0.259. The van der Waals surface area contributed by atoms with E-state index < -0.39 is 15.4 Å². The van der Waals surface area contributed by atoms with Crippen LogP contribution in [0.1, 0.15) is 32.1 Å². The van der Waals surface area contributed by atoms with E-state index in [1.165, 1.54) is 6.26 Å². The van der Waals surface area contributed by atoms with E-state index in [1.54, 1.807) is 7.11 Å². The third-order valence-corrected chi connectivity index (χ3v) is 5.74. The molecule has 24 heavy (non-hydrogen) atoms. The van der Waals surface area contributed by atoms with Gasteiger partial charge in [0, 0.05) is 19.7 Å². The van der Waals surface area contributed by atoms with Crippen LogP contribution >= 0.6 is 12.4 Å². The number of methoxy groups -OCH3 is 1. The summed E-state index contributed by atoms with van der Waals surface area (Å²) in [5.74, 6) is 0.195. The number of carbonyl (C=O) groups is 1. The summed E-state index contributed by atoms with van der Waals surface area (Å²) < 4.78 is 30.8. The molecule has 1 aliphatic heterocycles. The Morgan fingerprint density at radius 1 is 1.29 bits per heavy atom. The molecule has 2 aliphatic rings. The van der Waals surface area contributed by atoms with Gasteiger partial charge in [0.1, 0.15) is 0 Å². The highest BCUT2D eigenvalue weighted by molar-refractivity contribution is 7.88. The monoisotopic (exact) mass is 383 g/mol. The van der Waals surface area contributed by atoms with Crippen molar-refractivity contribution in [2.24, 2.45) is 11.3 Å². The Kier molecular flexibility index (Phi) is 8.41. The molecular formula is C15H30ClN3O4S. The van der Waals surface area contributed by atoms with Crippen LogP contribution in [0.2, 0.25) is 0 Å². The molecule has 0 aromatic rings. The number of piperidine rings is 1. The number of hydrogen-bond acceptors (Lipinski definition) is 5. The topological polar surface area (TPSA) is 96.5 Å². The first-order valence-corrected chi connectivity index (χ1v) is 10.2. The van der Waals surface area contributed by atoms with Crippen LogP contribution in [0, 0.1) is 11.3 Å². The highest BCUT2D eigenvalue weighted by Gasteiger charge is 2.40. The van der Waals surface area contributed by atoms with Gasteiger partial charge in [0.25, 0.3) is 0 Å². The number of ether oxygens (including phenoxy) is 1. The predicted molar refractivity (Wildman–Crippen MR) is 95.8 cm³/mol. The molecule has 142 valence electrons. The van der Waals surface area contributed by atoms with Gasteiger partial charge in [-0.15, -0.1) is 12.4 Å². The maximum atomic E-state index is 12.7. The van der Waals surface area contributed by atoms with E-state index >= 15 is 0 Å². The maximum absolute atomic E-state index is 12.7. The van der Waals surface area contributed by atoms with E-state index in [4.69, 9.17) is 4.74 Å². The van der Waals surface area contributed by atoms with Crippen molar-refractivity contribution >= 4 is 28.3 Å². The Morgan fingerprint density at radius 3 is 2.54 bits per heavy atom. The minimum Gasteiger partial charge on any atom is -0.384 e. The van der Waals surface area contributed by atoms with Crippen molar-refractivity contribution in [2.75, 3.05) is 39.6 Å². The van der Waals surface area contributed by atoms with Gasteiger partial charge < -0.3 is 15.4 Å². The smallest absolute Gasteiger partial charge is 0.228 e. The van der Waals surface area contributed by atoms with Crippen molar-refractivity contribution < 1.29 is 17.9 Å². The molecule has 1 aliphatic carbocycles. The van der Waals surface area contributed by atoms with Gasteiger partial charge in [-0.3, -0.25) is 4.79 Å². The summed E-state index contributed by atoms with van der Waals surface area (Å²) in [4.78, 5) is 12.7. The van der Waals surface area contributed by atoms with Gasteiger partial charge >= 0.3 is 0 Å². The zero-order valence-electron chi connectivity index (χ0n) is 14.5. The van der Waals surface area contributed by atoms with Crippen molar-refractivity contribution in [3.63, 3.8) is 0 Å². The SMILES string of the molecule is COCC1(C(=O)NCC2CCCC2NS(C)(=O)=O)CCNCC1.Cl. The number of carbonyl (C=O) groups excluding carboxylic acids is 1. The fourth-order valence-electron chi connectivity index (χ4n) is 3.74. The minimum absolute atomic E-state index is 0. The van der Waals surface area contributed by atoms with Gasteiger partial charge in [0.15, 0.2) is 0 Å². The van der Waals surface area contributed by atoms with E-state index in [1.807, 2.05) is 0 Å². The molecule has 2 unspecified atom stereocenters. The largest absolute Gasteiger partial charge is 0.384 e. The van der Waals surface area contributed by atoms with Crippen molar-refractivity contribution in [3.05, 3.63) is 0 Å². The van der Waals surface area contributed by atoms with Crippen molar-refractivity contribution in [1.29, 1.82) is 0 Å². The van der Waals surface area contributed by atoms with Gasteiger partial charge in [0.2, 0.25) is 15.9 Å². The van der Waals surface area contributed by atoms with Crippen molar-refractivity contribution in [1.82, 2.24) is 15.4 Å². The van der Waals surface area contributed by atoms with Crippen LogP contribution in [0.4, 0.5) is 0 Å². The highest BCUT2D eigenvalue weighted by atomic mass is 35.5. The Hall–Kier alpha value is -0.410. The van der Waals surface area contributed by atoms with Crippen molar-refractivity contribution in [3.8, 4) is 0 Å². The third-order valence-electron chi connectivity index (χ3n) is 5.01. The second-order valence-corrected chi connectivity index (χ2v) is 8.64. The Morgan fingerprint density at radius 2 is 1.96 bits per heavy atom. The molecule has 0 radical (unpaired) electrons. The lowest BCUT2D eigenvalue weighted by Crippen LogP contribution is -2.51. The fourth-order valence-corrected chi connectivity index (χ4v) is 4.60. The number of amides is 1. The summed E-state index contributed by atoms with van der Waals surface area (Å²) >= 11 is 0. The van der Waals surface area contributed by atoms with Gasteiger partial charge in [-0.25, -0.2) is 13.1 Å². The quantitative estimate of drug-likeness (QED) is 0.586. The summed E-state index contributed by atoms with van der Waals surface area (Å²) in [6.45, 7) is 2.58. The molecule has 0 aromatic carbocycles. The Labute approximate surface area is 151 Å². The summed E-state index contributed by atoms with van der Waals surface area (Å²) in [6, 6.07) is -0.0725. The van der Waals surface area contributed by atoms with Crippen LogP contribution in [0.3, 0.4) is 0 Å². The summed E-state index contributed by atoms with van der Waals surface area (Å²) in [7, 11) is -1.59. The lowest BCUT2D eigenvalue weighted by molar-refractivity contribution is -0.136.